The molecule has 1 atom stereocenters. The van der Waals surface area contributed by atoms with Gasteiger partial charge in [-0.05, 0) is 70.6 Å². The Hall–Kier alpha value is -1.95. The van der Waals surface area contributed by atoms with Gasteiger partial charge in [-0.25, -0.2) is 9.50 Å². The summed E-state index contributed by atoms with van der Waals surface area (Å²) >= 11 is 6.04. The molecule has 154 valence electrons. The molecule has 29 heavy (non-hydrogen) atoms. The van der Waals surface area contributed by atoms with Gasteiger partial charge in [-0.2, -0.15) is 5.10 Å². The van der Waals surface area contributed by atoms with Gasteiger partial charge in [0.25, 0.3) is 0 Å². The SMILES string of the molecule is Cc1nn2c(C3CCCN(Cc4ccc(Cl)cc4)C3)ccnc2c1CCN(C)C. The van der Waals surface area contributed by atoms with E-state index in [0.717, 1.165) is 49.0 Å². The molecule has 0 bridgehead atoms. The van der Waals surface area contributed by atoms with E-state index >= 15 is 0 Å². The summed E-state index contributed by atoms with van der Waals surface area (Å²) in [5.41, 5.74) is 6.00. The summed E-state index contributed by atoms with van der Waals surface area (Å²) in [5.74, 6) is 0.475. The molecule has 3 heterocycles. The highest BCUT2D eigenvalue weighted by Crippen LogP contribution is 2.29. The molecule has 4 rings (SSSR count). The maximum Gasteiger partial charge on any atom is 0.158 e. The Morgan fingerprint density at radius 1 is 1.17 bits per heavy atom. The van der Waals surface area contributed by atoms with Crippen molar-refractivity contribution in [3.8, 4) is 0 Å². The van der Waals surface area contributed by atoms with E-state index in [-0.39, 0.29) is 0 Å². The van der Waals surface area contributed by atoms with Crippen LogP contribution < -0.4 is 0 Å². The van der Waals surface area contributed by atoms with Gasteiger partial charge in [0.15, 0.2) is 5.65 Å². The molecule has 1 aliphatic rings. The Morgan fingerprint density at radius 2 is 1.97 bits per heavy atom. The van der Waals surface area contributed by atoms with Crippen molar-refractivity contribution in [3.63, 3.8) is 0 Å². The van der Waals surface area contributed by atoms with Gasteiger partial charge in [0.1, 0.15) is 0 Å². The van der Waals surface area contributed by atoms with Crippen molar-refractivity contribution in [2.75, 3.05) is 33.7 Å². The normalized spacial score (nSPS) is 18.0. The lowest BCUT2D eigenvalue weighted by atomic mass is 9.94. The number of piperidine rings is 1. The fourth-order valence-corrected chi connectivity index (χ4v) is 4.47. The minimum atomic E-state index is 0.475. The van der Waals surface area contributed by atoms with Crippen LogP contribution >= 0.6 is 11.6 Å². The average Bonchev–Trinajstić information content (AvgIpc) is 3.03. The molecule has 1 aliphatic heterocycles. The fraction of sp³-hybridized carbons (Fsp3) is 0.478. The number of rotatable bonds is 6. The molecule has 2 aromatic heterocycles. The number of likely N-dealkylation sites (tertiary alicyclic amines) is 1. The van der Waals surface area contributed by atoms with Crippen LogP contribution in [0.2, 0.25) is 5.02 Å². The van der Waals surface area contributed by atoms with Crippen LogP contribution in [0.25, 0.3) is 5.65 Å². The number of fused-ring (bicyclic) bond motifs is 1. The van der Waals surface area contributed by atoms with Crippen molar-refractivity contribution >= 4 is 17.2 Å². The van der Waals surface area contributed by atoms with Crippen LogP contribution in [-0.4, -0.2) is 58.1 Å². The van der Waals surface area contributed by atoms with Crippen molar-refractivity contribution in [1.29, 1.82) is 0 Å². The van der Waals surface area contributed by atoms with E-state index in [1.807, 2.05) is 18.3 Å². The first-order chi connectivity index (χ1) is 14.0. The third-order valence-electron chi connectivity index (χ3n) is 5.90. The van der Waals surface area contributed by atoms with Gasteiger partial charge < -0.3 is 4.90 Å². The Kier molecular flexibility index (Phi) is 6.18. The molecule has 5 nitrogen and oxygen atoms in total. The van der Waals surface area contributed by atoms with Gasteiger partial charge in [0, 0.05) is 42.3 Å². The van der Waals surface area contributed by atoms with E-state index < -0.39 is 0 Å². The lowest BCUT2D eigenvalue weighted by Gasteiger charge is -2.33. The molecule has 0 aliphatic carbocycles. The van der Waals surface area contributed by atoms with E-state index in [9.17, 15) is 0 Å². The molecular weight excluding hydrogens is 382 g/mol. The lowest BCUT2D eigenvalue weighted by Crippen LogP contribution is -2.34. The zero-order chi connectivity index (χ0) is 20.4. The summed E-state index contributed by atoms with van der Waals surface area (Å²) in [6.07, 6.45) is 5.34. The number of hydrogen-bond acceptors (Lipinski definition) is 4. The molecule has 0 spiro atoms. The first-order valence-electron chi connectivity index (χ1n) is 10.5. The van der Waals surface area contributed by atoms with Crippen molar-refractivity contribution in [3.05, 3.63) is 64.1 Å². The molecule has 0 amide bonds. The van der Waals surface area contributed by atoms with Crippen LogP contribution in [0.3, 0.4) is 0 Å². The van der Waals surface area contributed by atoms with Gasteiger partial charge in [-0.1, -0.05) is 23.7 Å². The molecule has 1 aromatic carbocycles. The Balaban J connectivity index is 1.55. The predicted molar refractivity (Wildman–Crippen MR) is 119 cm³/mol. The van der Waals surface area contributed by atoms with Crippen molar-refractivity contribution < 1.29 is 0 Å². The van der Waals surface area contributed by atoms with Gasteiger partial charge in [0.2, 0.25) is 0 Å². The van der Waals surface area contributed by atoms with Crippen LogP contribution in [-0.2, 0) is 13.0 Å². The molecule has 0 radical (unpaired) electrons. The summed E-state index contributed by atoms with van der Waals surface area (Å²) in [6, 6.07) is 10.4. The number of aromatic nitrogens is 3. The van der Waals surface area contributed by atoms with E-state index in [0.29, 0.717) is 5.92 Å². The third kappa shape index (κ3) is 4.63. The molecule has 0 saturated carbocycles. The van der Waals surface area contributed by atoms with E-state index in [1.54, 1.807) is 0 Å². The lowest BCUT2D eigenvalue weighted by molar-refractivity contribution is 0.197. The van der Waals surface area contributed by atoms with Gasteiger partial charge in [-0.3, -0.25) is 4.90 Å². The highest BCUT2D eigenvalue weighted by Gasteiger charge is 2.25. The smallest absolute Gasteiger partial charge is 0.158 e. The van der Waals surface area contributed by atoms with Crippen LogP contribution in [0.15, 0.2) is 36.5 Å². The molecule has 1 saturated heterocycles. The maximum atomic E-state index is 6.04. The Bertz CT molecular complexity index is 963. The number of aryl methyl sites for hydroxylation is 1. The number of likely N-dealkylation sites (N-methyl/N-ethyl adjacent to an activating group) is 1. The van der Waals surface area contributed by atoms with E-state index in [2.05, 4.69) is 58.5 Å². The second-order valence-corrected chi connectivity index (χ2v) is 8.86. The number of hydrogen-bond donors (Lipinski definition) is 0. The van der Waals surface area contributed by atoms with Crippen molar-refractivity contribution in [1.82, 2.24) is 24.4 Å². The third-order valence-corrected chi connectivity index (χ3v) is 6.15. The second kappa shape index (κ2) is 8.82. The first kappa shape index (κ1) is 20.3. The van der Waals surface area contributed by atoms with Gasteiger partial charge in [0.05, 0.1) is 11.4 Å². The van der Waals surface area contributed by atoms with Crippen LogP contribution in [0.4, 0.5) is 0 Å². The van der Waals surface area contributed by atoms with E-state index in [4.69, 9.17) is 16.7 Å². The number of benzene rings is 1. The molecule has 6 heteroatoms. The first-order valence-corrected chi connectivity index (χ1v) is 10.8. The minimum Gasteiger partial charge on any atom is -0.309 e. The number of halogens is 1. The quantitative estimate of drug-likeness (QED) is 0.609. The second-order valence-electron chi connectivity index (χ2n) is 8.42. The topological polar surface area (TPSA) is 36.7 Å². The summed E-state index contributed by atoms with van der Waals surface area (Å²) in [7, 11) is 4.22. The average molecular weight is 412 g/mol. The number of nitrogens with zero attached hydrogens (tertiary/aromatic N) is 5. The van der Waals surface area contributed by atoms with Crippen LogP contribution in [0, 0.1) is 6.92 Å². The van der Waals surface area contributed by atoms with Crippen molar-refractivity contribution in [2.24, 2.45) is 0 Å². The Morgan fingerprint density at radius 3 is 2.72 bits per heavy atom. The minimum absolute atomic E-state index is 0.475. The van der Waals surface area contributed by atoms with Gasteiger partial charge >= 0.3 is 0 Å². The highest BCUT2D eigenvalue weighted by atomic mass is 35.5. The zero-order valence-electron chi connectivity index (χ0n) is 17.6. The Labute approximate surface area is 178 Å². The molecule has 1 fully saturated rings. The molecule has 1 unspecified atom stereocenters. The van der Waals surface area contributed by atoms with Crippen LogP contribution in [0.5, 0.6) is 0 Å². The summed E-state index contributed by atoms with van der Waals surface area (Å²) in [4.78, 5) is 9.45. The zero-order valence-corrected chi connectivity index (χ0v) is 18.4. The summed E-state index contributed by atoms with van der Waals surface area (Å²) < 4.78 is 2.11. The standard InChI is InChI=1S/C23H30ClN5/c1-17-21(11-14-27(2)3)23-25-12-10-22(29(23)26-17)19-5-4-13-28(16-19)15-18-6-8-20(24)9-7-18/h6-10,12,19H,4-5,11,13-16H2,1-3H3. The van der Waals surface area contributed by atoms with E-state index in [1.165, 1.54) is 29.7 Å². The summed E-state index contributed by atoms with van der Waals surface area (Å²) in [6.45, 7) is 6.27. The maximum absolute atomic E-state index is 6.04. The predicted octanol–water partition coefficient (Wildman–Crippen LogP) is 4.17. The van der Waals surface area contributed by atoms with Gasteiger partial charge in [-0.15, -0.1) is 0 Å². The fourth-order valence-electron chi connectivity index (χ4n) is 4.34. The van der Waals surface area contributed by atoms with Crippen LogP contribution in [0.1, 0.15) is 41.3 Å². The molecule has 0 N–H and O–H groups in total. The highest BCUT2D eigenvalue weighted by molar-refractivity contribution is 6.30. The largest absolute Gasteiger partial charge is 0.309 e. The molecule has 3 aromatic rings. The summed E-state index contributed by atoms with van der Waals surface area (Å²) in [5, 5.41) is 5.68. The monoisotopic (exact) mass is 411 g/mol. The molecular formula is C23H30ClN5. The van der Waals surface area contributed by atoms with Crippen molar-refractivity contribution in [2.45, 2.75) is 38.6 Å².